The largest absolute Gasteiger partial charge is 0.493 e. The Hall–Kier alpha value is -1.23. The van der Waals surface area contributed by atoms with Crippen LogP contribution in [0.5, 0.6) is 11.5 Å². The summed E-state index contributed by atoms with van der Waals surface area (Å²) in [6, 6.07) is 3.65. The van der Waals surface area contributed by atoms with Gasteiger partial charge >= 0.3 is 0 Å². The molecule has 0 aliphatic rings. The molecule has 0 radical (unpaired) electrons. The van der Waals surface area contributed by atoms with E-state index in [9.17, 15) is 0 Å². The molecule has 4 nitrogen and oxygen atoms in total. The molecule has 0 heterocycles. The highest BCUT2D eigenvalue weighted by molar-refractivity contribution is 6.30. The lowest BCUT2D eigenvalue weighted by Crippen LogP contribution is -2.19. The molecule has 1 N–H and O–H groups in total. The van der Waals surface area contributed by atoms with Crippen LogP contribution in [-0.4, -0.2) is 34.0 Å². The van der Waals surface area contributed by atoms with Crippen LogP contribution >= 0.6 is 11.6 Å². The maximum absolute atomic E-state index is 6.12. The van der Waals surface area contributed by atoms with E-state index in [4.69, 9.17) is 25.8 Å². The van der Waals surface area contributed by atoms with Crippen molar-refractivity contribution in [1.29, 1.82) is 0 Å². The highest BCUT2D eigenvalue weighted by Gasteiger charge is 2.12. The smallest absolute Gasteiger partial charge is 0.165 e. The number of ether oxygens (including phenoxy) is 3. The molecule has 0 fully saturated rings. The summed E-state index contributed by atoms with van der Waals surface area (Å²) in [7, 11) is 3.29. The Labute approximate surface area is 132 Å². The standard InChI is InChI=1S/C16H24ClNO3/c1-12(2)5-7-21-16-13(11-18-6-8-19-3)9-14(17)10-15(16)20-4/h9-10,18H,1,5-8,11H2,2-4H3. The second-order valence-corrected chi connectivity index (χ2v) is 5.26. The maximum atomic E-state index is 6.12. The Morgan fingerprint density at radius 1 is 1.29 bits per heavy atom. The molecule has 1 rings (SSSR count). The summed E-state index contributed by atoms with van der Waals surface area (Å²) in [5.74, 6) is 1.38. The van der Waals surface area contributed by atoms with E-state index in [1.54, 1.807) is 20.3 Å². The van der Waals surface area contributed by atoms with Crippen LogP contribution in [0, 0.1) is 0 Å². The lowest BCUT2D eigenvalue weighted by Gasteiger charge is -2.16. The van der Waals surface area contributed by atoms with Gasteiger partial charge in [-0.1, -0.05) is 17.2 Å². The van der Waals surface area contributed by atoms with Crippen LogP contribution in [0.3, 0.4) is 0 Å². The first-order valence-electron chi connectivity index (χ1n) is 6.91. The minimum Gasteiger partial charge on any atom is -0.493 e. The molecular weight excluding hydrogens is 290 g/mol. The van der Waals surface area contributed by atoms with Crippen molar-refractivity contribution in [2.24, 2.45) is 0 Å². The van der Waals surface area contributed by atoms with Gasteiger partial charge in [0, 0.05) is 43.3 Å². The molecule has 0 bridgehead atoms. The fraction of sp³-hybridized carbons (Fsp3) is 0.500. The highest BCUT2D eigenvalue weighted by Crippen LogP contribution is 2.35. The van der Waals surface area contributed by atoms with E-state index < -0.39 is 0 Å². The van der Waals surface area contributed by atoms with Gasteiger partial charge in [-0.2, -0.15) is 0 Å². The lowest BCUT2D eigenvalue weighted by molar-refractivity contribution is 0.199. The Balaban J connectivity index is 2.81. The minimum atomic E-state index is 0.568. The number of methoxy groups -OCH3 is 2. The van der Waals surface area contributed by atoms with Gasteiger partial charge < -0.3 is 19.5 Å². The van der Waals surface area contributed by atoms with E-state index in [1.165, 1.54) is 0 Å². The number of halogens is 1. The monoisotopic (exact) mass is 313 g/mol. The molecule has 0 aliphatic heterocycles. The second kappa shape index (κ2) is 9.66. The molecule has 0 saturated heterocycles. The predicted octanol–water partition coefficient (Wildman–Crippen LogP) is 3.43. The molecule has 0 saturated carbocycles. The zero-order valence-electron chi connectivity index (χ0n) is 13.0. The van der Waals surface area contributed by atoms with E-state index in [0.29, 0.717) is 30.5 Å². The van der Waals surface area contributed by atoms with Gasteiger partial charge in [-0.05, 0) is 13.0 Å². The molecule has 0 amide bonds. The van der Waals surface area contributed by atoms with Crippen molar-refractivity contribution >= 4 is 11.6 Å². The quantitative estimate of drug-likeness (QED) is 0.530. The Kier molecular flexibility index (Phi) is 8.20. The van der Waals surface area contributed by atoms with Gasteiger partial charge in [-0.3, -0.25) is 0 Å². The predicted molar refractivity (Wildman–Crippen MR) is 86.5 cm³/mol. The molecule has 0 aromatic heterocycles. The van der Waals surface area contributed by atoms with Crippen molar-refractivity contribution in [3.63, 3.8) is 0 Å². The van der Waals surface area contributed by atoms with E-state index in [0.717, 1.165) is 29.9 Å². The van der Waals surface area contributed by atoms with Gasteiger partial charge in [0.05, 0.1) is 20.3 Å². The normalized spacial score (nSPS) is 10.5. The number of nitrogens with one attached hydrogen (secondary N) is 1. The van der Waals surface area contributed by atoms with E-state index in [-0.39, 0.29) is 0 Å². The average Bonchev–Trinajstić information content (AvgIpc) is 2.44. The summed E-state index contributed by atoms with van der Waals surface area (Å²) < 4.78 is 16.2. The summed E-state index contributed by atoms with van der Waals surface area (Å²) in [6.07, 6.45) is 0.808. The molecule has 0 aliphatic carbocycles. The zero-order valence-corrected chi connectivity index (χ0v) is 13.8. The number of benzene rings is 1. The van der Waals surface area contributed by atoms with Gasteiger partial charge in [-0.15, -0.1) is 6.58 Å². The van der Waals surface area contributed by atoms with Crippen LogP contribution in [0.4, 0.5) is 0 Å². The summed E-state index contributed by atoms with van der Waals surface area (Å²) in [6.45, 7) is 8.48. The van der Waals surface area contributed by atoms with Crippen LogP contribution in [0.15, 0.2) is 24.3 Å². The number of hydrogen-bond acceptors (Lipinski definition) is 4. The zero-order chi connectivity index (χ0) is 15.7. The first-order chi connectivity index (χ1) is 10.1. The topological polar surface area (TPSA) is 39.7 Å². The molecular formula is C16H24ClNO3. The van der Waals surface area contributed by atoms with Crippen LogP contribution < -0.4 is 14.8 Å². The Morgan fingerprint density at radius 3 is 2.67 bits per heavy atom. The molecule has 1 aromatic carbocycles. The molecule has 0 atom stereocenters. The van der Waals surface area contributed by atoms with Crippen molar-refractivity contribution in [1.82, 2.24) is 5.32 Å². The third-order valence-corrected chi connectivity index (χ3v) is 3.11. The molecule has 0 unspecified atom stereocenters. The van der Waals surface area contributed by atoms with Crippen molar-refractivity contribution in [2.45, 2.75) is 19.9 Å². The molecule has 118 valence electrons. The van der Waals surface area contributed by atoms with E-state index in [2.05, 4.69) is 11.9 Å². The van der Waals surface area contributed by atoms with E-state index in [1.807, 2.05) is 13.0 Å². The summed E-state index contributed by atoms with van der Waals surface area (Å²) in [4.78, 5) is 0. The minimum absolute atomic E-state index is 0.568. The van der Waals surface area contributed by atoms with E-state index >= 15 is 0 Å². The third-order valence-electron chi connectivity index (χ3n) is 2.89. The second-order valence-electron chi connectivity index (χ2n) is 4.82. The first-order valence-corrected chi connectivity index (χ1v) is 7.29. The molecule has 0 spiro atoms. The first kappa shape index (κ1) is 17.8. The fourth-order valence-electron chi connectivity index (χ4n) is 1.79. The fourth-order valence-corrected chi connectivity index (χ4v) is 2.02. The number of hydrogen-bond donors (Lipinski definition) is 1. The summed E-state index contributed by atoms with van der Waals surface area (Å²) >= 11 is 6.12. The number of rotatable bonds is 10. The Morgan fingerprint density at radius 2 is 2.05 bits per heavy atom. The van der Waals surface area contributed by atoms with Gasteiger partial charge in [0.15, 0.2) is 11.5 Å². The van der Waals surface area contributed by atoms with Crippen LogP contribution in [0.2, 0.25) is 5.02 Å². The molecule has 1 aromatic rings. The lowest BCUT2D eigenvalue weighted by atomic mass is 10.1. The highest BCUT2D eigenvalue weighted by atomic mass is 35.5. The van der Waals surface area contributed by atoms with Crippen LogP contribution in [0.1, 0.15) is 18.9 Å². The van der Waals surface area contributed by atoms with Crippen molar-refractivity contribution in [3.05, 3.63) is 34.9 Å². The van der Waals surface area contributed by atoms with Gasteiger partial charge in [-0.25, -0.2) is 0 Å². The van der Waals surface area contributed by atoms with Crippen molar-refractivity contribution < 1.29 is 14.2 Å². The SMILES string of the molecule is C=C(C)CCOc1c(CNCCOC)cc(Cl)cc1OC. The van der Waals surface area contributed by atoms with Crippen molar-refractivity contribution in [2.75, 3.05) is 34.0 Å². The van der Waals surface area contributed by atoms with Crippen LogP contribution in [0.25, 0.3) is 0 Å². The van der Waals surface area contributed by atoms with Gasteiger partial charge in [0.25, 0.3) is 0 Å². The average molecular weight is 314 g/mol. The molecule has 5 heteroatoms. The van der Waals surface area contributed by atoms with Crippen molar-refractivity contribution in [3.8, 4) is 11.5 Å². The van der Waals surface area contributed by atoms with Gasteiger partial charge in [0.1, 0.15) is 0 Å². The summed E-state index contributed by atoms with van der Waals surface area (Å²) in [5.41, 5.74) is 2.06. The summed E-state index contributed by atoms with van der Waals surface area (Å²) in [5, 5.41) is 3.91. The van der Waals surface area contributed by atoms with Gasteiger partial charge in [0.2, 0.25) is 0 Å². The molecule has 21 heavy (non-hydrogen) atoms. The Bertz CT molecular complexity index is 463. The maximum Gasteiger partial charge on any atom is 0.165 e. The third kappa shape index (κ3) is 6.38. The van der Waals surface area contributed by atoms with Crippen LogP contribution in [-0.2, 0) is 11.3 Å².